The third kappa shape index (κ3) is 5.01. The molecule has 11 heteroatoms. The molecule has 0 radical (unpaired) electrons. The number of nitrogens with zero attached hydrogens (tertiary/aromatic N) is 3. The van der Waals surface area contributed by atoms with Crippen LogP contribution < -0.4 is 10.6 Å². The van der Waals surface area contributed by atoms with Crippen LogP contribution >= 0.6 is 23.6 Å². The SMILES string of the molecule is CC(=O)NCc1ccc(-c2csc(NC(=O)Cn3c(-c4ccc(C)cc4)n[nH]c3=S)n2)o1. The monoisotopic (exact) mass is 468 g/mol. The van der Waals surface area contributed by atoms with E-state index in [1.807, 2.05) is 31.2 Å². The lowest BCUT2D eigenvalue weighted by molar-refractivity contribution is -0.119. The smallest absolute Gasteiger partial charge is 0.246 e. The highest BCUT2D eigenvalue weighted by molar-refractivity contribution is 7.71. The number of furan rings is 1. The first-order valence-corrected chi connectivity index (χ1v) is 11.0. The number of H-pyrrole nitrogens is 1. The van der Waals surface area contributed by atoms with Crippen LogP contribution in [0.3, 0.4) is 0 Å². The zero-order valence-corrected chi connectivity index (χ0v) is 19.0. The van der Waals surface area contributed by atoms with Crippen molar-refractivity contribution in [3.05, 3.63) is 57.9 Å². The Morgan fingerprint density at radius 1 is 1.22 bits per heavy atom. The van der Waals surface area contributed by atoms with E-state index >= 15 is 0 Å². The van der Waals surface area contributed by atoms with Crippen LogP contribution in [0.15, 0.2) is 46.2 Å². The topological polar surface area (TPSA) is 118 Å². The van der Waals surface area contributed by atoms with Gasteiger partial charge in [0.15, 0.2) is 21.5 Å². The lowest BCUT2D eigenvalue weighted by atomic mass is 10.1. The van der Waals surface area contributed by atoms with Crippen molar-refractivity contribution >= 4 is 40.5 Å². The first-order valence-electron chi connectivity index (χ1n) is 9.70. The Kier molecular flexibility index (Phi) is 6.28. The normalized spacial score (nSPS) is 10.8. The highest BCUT2D eigenvalue weighted by Crippen LogP contribution is 2.27. The molecule has 3 heterocycles. The van der Waals surface area contributed by atoms with Gasteiger partial charge in [0.1, 0.15) is 18.0 Å². The largest absolute Gasteiger partial charge is 0.458 e. The van der Waals surface area contributed by atoms with Gasteiger partial charge in [-0.3, -0.25) is 19.3 Å². The lowest BCUT2D eigenvalue weighted by Gasteiger charge is -2.07. The average Bonchev–Trinajstić information content (AvgIpc) is 3.48. The van der Waals surface area contributed by atoms with Gasteiger partial charge in [0.05, 0.1) is 6.54 Å². The molecule has 164 valence electrons. The second kappa shape index (κ2) is 9.28. The number of aryl methyl sites for hydroxylation is 1. The Bertz CT molecular complexity index is 1320. The van der Waals surface area contributed by atoms with Crippen LogP contribution in [0.5, 0.6) is 0 Å². The highest BCUT2D eigenvalue weighted by Gasteiger charge is 2.15. The van der Waals surface area contributed by atoms with E-state index in [1.54, 1.807) is 22.1 Å². The minimum absolute atomic E-state index is 0.00489. The van der Waals surface area contributed by atoms with Gasteiger partial charge in [-0.1, -0.05) is 29.8 Å². The highest BCUT2D eigenvalue weighted by atomic mass is 32.1. The van der Waals surface area contributed by atoms with Crippen molar-refractivity contribution in [3.8, 4) is 22.8 Å². The fourth-order valence-corrected chi connectivity index (χ4v) is 3.87. The third-order valence-electron chi connectivity index (χ3n) is 4.55. The Balaban J connectivity index is 1.43. The molecule has 3 aromatic heterocycles. The van der Waals surface area contributed by atoms with Gasteiger partial charge in [0.2, 0.25) is 11.8 Å². The molecule has 0 spiro atoms. The number of carbonyl (C=O) groups excluding carboxylic acids is 2. The zero-order chi connectivity index (χ0) is 22.7. The maximum absolute atomic E-state index is 12.7. The van der Waals surface area contributed by atoms with Crippen LogP contribution in [0, 0.1) is 11.7 Å². The molecule has 0 aliphatic rings. The molecule has 0 aliphatic heterocycles. The van der Waals surface area contributed by atoms with Gasteiger partial charge in [0, 0.05) is 17.9 Å². The summed E-state index contributed by atoms with van der Waals surface area (Å²) in [4.78, 5) is 28.1. The Labute approximate surface area is 192 Å². The van der Waals surface area contributed by atoms with Gasteiger partial charge in [-0.2, -0.15) is 5.10 Å². The number of amides is 2. The fraction of sp³-hybridized carbons (Fsp3) is 0.190. The summed E-state index contributed by atoms with van der Waals surface area (Å²) in [6.45, 7) is 3.75. The van der Waals surface area contributed by atoms with E-state index in [-0.39, 0.29) is 18.4 Å². The predicted molar refractivity (Wildman–Crippen MR) is 124 cm³/mol. The first-order chi connectivity index (χ1) is 15.4. The second-order valence-corrected chi connectivity index (χ2v) is 8.31. The van der Waals surface area contributed by atoms with E-state index in [4.69, 9.17) is 16.6 Å². The Hall–Kier alpha value is -3.57. The van der Waals surface area contributed by atoms with Gasteiger partial charge in [-0.15, -0.1) is 11.3 Å². The summed E-state index contributed by atoms with van der Waals surface area (Å²) in [7, 11) is 0. The standard InChI is InChI=1S/C21H20N6O3S2/c1-12-3-5-14(6-4-12)19-25-26-21(31)27(19)10-18(29)24-20-23-16(11-32-20)17-8-7-15(30-17)9-22-13(2)28/h3-8,11H,9-10H2,1-2H3,(H,22,28)(H,26,31)(H,23,24,29). The summed E-state index contributed by atoms with van der Waals surface area (Å²) in [6, 6.07) is 11.4. The number of benzene rings is 1. The van der Waals surface area contributed by atoms with Crippen LogP contribution in [0.1, 0.15) is 18.2 Å². The molecule has 4 rings (SSSR count). The number of aromatic amines is 1. The quantitative estimate of drug-likeness (QED) is 0.354. The molecule has 0 unspecified atom stereocenters. The number of hydrogen-bond acceptors (Lipinski definition) is 7. The Morgan fingerprint density at radius 2 is 2.00 bits per heavy atom. The van der Waals surface area contributed by atoms with E-state index in [1.165, 1.54) is 18.3 Å². The first kappa shape index (κ1) is 21.7. The summed E-state index contributed by atoms with van der Waals surface area (Å²) in [5.74, 6) is 1.35. The van der Waals surface area contributed by atoms with Crippen LogP contribution in [-0.2, 0) is 22.7 Å². The van der Waals surface area contributed by atoms with Gasteiger partial charge >= 0.3 is 0 Å². The van der Waals surface area contributed by atoms with Gasteiger partial charge in [0.25, 0.3) is 0 Å². The number of nitrogens with one attached hydrogen (secondary N) is 3. The van der Waals surface area contributed by atoms with E-state index in [2.05, 4.69) is 25.8 Å². The summed E-state index contributed by atoms with van der Waals surface area (Å²) < 4.78 is 7.70. The van der Waals surface area contributed by atoms with Crippen LogP contribution in [0.25, 0.3) is 22.8 Å². The van der Waals surface area contributed by atoms with Gasteiger partial charge in [-0.05, 0) is 31.3 Å². The molecule has 32 heavy (non-hydrogen) atoms. The molecule has 0 saturated carbocycles. The number of aromatic nitrogens is 4. The lowest BCUT2D eigenvalue weighted by Crippen LogP contribution is -2.19. The van der Waals surface area contributed by atoms with Gasteiger partial charge < -0.3 is 15.1 Å². The van der Waals surface area contributed by atoms with Crippen molar-refractivity contribution in [2.45, 2.75) is 26.9 Å². The molecule has 0 saturated heterocycles. The molecule has 0 fully saturated rings. The maximum atomic E-state index is 12.7. The molecule has 0 aliphatic carbocycles. The minimum atomic E-state index is -0.275. The summed E-state index contributed by atoms with van der Waals surface area (Å²) in [5.41, 5.74) is 2.59. The fourth-order valence-electron chi connectivity index (χ4n) is 2.96. The van der Waals surface area contributed by atoms with Gasteiger partial charge in [-0.25, -0.2) is 4.98 Å². The minimum Gasteiger partial charge on any atom is -0.458 e. The zero-order valence-electron chi connectivity index (χ0n) is 17.3. The van der Waals surface area contributed by atoms with Crippen LogP contribution in [0.4, 0.5) is 5.13 Å². The second-order valence-electron chi connectivity index (χ2n) is 7.07. The molecule has 0 bridgehead atoms. The van der Waals surface area contributed by atoms with Crippen molar-refractivity contribution < 1.29 is 14.0 Å². The van der Waals surface area contributed by atoms with Crippen molar-refractivity contribution in [2.24, 2.45) is 0 Å². The number of carbonyl (C=O) groups is 2. The average molecular weight is 469 g/mol. The van der Waals surface area contributed by atoms with Crippen molar-refractivity contribution in [3.63, 3.8) is 0 Å². The van der Waals surface area contributed by atoms with E-state index in [0.717, 1.165) is 11.1 Å². The van der Waals surface area contributed by atoms with Crippen LogP contribution in [-0.4, -0.2) is 31.6 Å². The van der Waals surface area contributed by atoms with E-state index in [0.29, 0.717) is 39.5 Å². The molecular formula is C21H20N6O3S2. The van der Waals surface area contributed by atoms with E-state index in [9.17, 15) is 9.59 Å². The molecule has 9 nitrogen and oxygen atoms in total. The van der Waals surface area contributed by atoms with Crippen LogP contribution in [0.2, 0.25) is 0 Å². The number of anilines is 1. The Morgan fingerprint density at radius 3 is 2.75 bits per heavy atom. The number of hydrogen-bond donors (Lipinski definition) is 3. The molecule has 1 aromatic carbocycles. The molecule has 3 N–H and O–H groups in total. The van der Waals surface area contributed by atoms with Crippen molar-refractivity contribution in [1.29, 1.82) is 0 Å². The molecular weight excluding hydrogens is 448 g/mol. The molecule has 4 aromatic rings. The third-order valence-corrected chi connectivity index (χ3v) is 5.62. The molecule has 2 amide bonds. The summed E-state index contributed by atoms with van der Waals surface area (Å²) in [5, 5.41) is 14.7. The van der Waals surface area contributed by atoms with Crippen molar-refractivity contribution in [1.82, 2.24) is 25.1 Å². The summed E-state index contributed by atoms with van der Waals surface area (Å²) >= 11 is 6.59. The van der Waals surface area contributed by atoms with Crippen molar-refractivity contribution in [2.75, 3.05) is 5.32 Å². The number of thiazole rings is 1. The van der Waals surface area contributed by atoms with E-state index < -0.39 is 0 Å². The summed E-state index contributed by atoms with van der Waals surface area (Å²) in [6.07, 6.45) is 0. The maximum Gasteiger partial charge on any atom is 0.246 e. The molecule has 0 atom stereocenters. The predicted octanol–water partition coefficient (Wildman–Crippen LogP) is 3.91. The number of rotatable bonds is 7.